The van der Waals surface area contributed by atoms with Gasteiger partial charge in [0.15, 0.2) is 0 Å². The highest BCUT2D eigenvalue weighted by atomic mass is 16.5. The Balaban J connectivity index is 1.79. The summed E-state index contributed by atoms with van der Waals surface area (Å²) >= 11 is 0. The van der Waals surface area contributed by atoms with Gasteiger partial charge >= 0.3 is 0 Å². The number of nitrogens with one attached hydrogen (secondary N) is 1. The molecule has 3 heteroatoms. The lowest BCUT2D eigenvalue weighted by atomic mass is 9.75. The topological polar surface area (TPSA) is 41.5 Å². The Labute approximate surface area is 116 Å². The number of aliphatic hydroxyl groups is 1. The number of benzene rings is 1. The van der Waals surface area contributed by atoms with E-state index in [4.69, 9.17) is 4.74 Å². The number of hydrogen-bond donors (Lipinski definition) is 2. The summed E-state index contributed by atoms with van der Waals surface area (Å²) in [6, 6.07) is 8.87. The third kappa shape index (κ3) is 3.71. The molecule has 3 nitrogen and oxygen atoms in total. The van der Waals surface area contributed by atoms with Crippen LogP contribution in [0.2, 0.25) is 0 Å². The van der Waals surface area contributed by atoms with Crippen molar-refractivity contribution in [2.45, 2.75) is 50.7 Å². The molecule has 2 rings (SSSR count). The van der Waals surface area contributed by atoms with Crippen LogP contribution in [0, 0.1) is 0 Å². The number of rotatable bonds is 6. The van der Waals surface area contributed by atoms with E-state index in [1.807, 2.05) is 19.9 Å². The van der Waals surface area contributed by atoms with Gasteiger partial charge < -0.3 is 15.2 Å². The minimum atomic E-state index is -0.582. The van der Waals surface area contributed by atoms with Gasteiger partial charge in [0.25, 0.3) is 0 Å². The Morgan fingerprint density at radius 2 is 2.16 bits per heavy atom. The van der Waals surface area contributed by atoms with Crippen molar-refractivity contribution in [1.29, 1.82) is 0 Å². The van der Waals surface area contributed by atoms with Gasteiger partial charge in [-0.2, -0.15) is 0 Å². The van der Waals surface area contributed by atoms with Crippen LogP contribution in [0.15, 0.2) is 24.3 Å². The maximum absolute atomic E-state index is 9.96. The summed E-state index contributed by atoms with van der Waals surface area (Å²) < 4.78 is 5.26. The highest BCUT2D eigenvalue weighted by molar-refractivity contribution is 5.32. The fraction of sp³-hybridized carbons (Fsp3) is 0.625. The summed E-state index contributed by atoms with van der Waals surface area (Å²) in [5.41, 5.74) is 0.779. The van der Waals surface area contributed by atoms with Crippen molar-refractivity contribution < 1.29 is 9.84 Å². The van der Waals surface area contributed by atoms with E-state index >= 15 is 0 Å². The second-order valence-electron chi connectivity index (χ2n) is 5.87. The van der Waals surface area contributed by atoms with Crippen LogP contribution in [0.4, 0.5) is 0 Å². The predicted molar refractivity (Wildman–Crippen MR) is 77.7 cm³/mol. The lowest BCUT2D eigenvalue weighted by molar-refractivity contribution is 0.0482. The van der Waals surface area contributed by atoms with E-state index in [-0.39, 0.29) is 0 Å². The molecule has 2 N–H and O–H groups in total. The van der Waals surface area contributed by atoms with Gasteiger partial charge in [-0.1, -0.05) is 19.1 Å². The number of hydrogen-bond acceptors (Lipinski definition) is 3. The molecular formula is C16H25NO2. The smallest absolute Gasteiger partial charge is 0.119 e. The summed E-state index contributed by atoms with van der Waals surface area (Å²) in [5.74, 6) is 1.56. The Bertz CT molecular complexity index is 411. The van der Waals surface area contributed by atoms with Gasteiger partial charge in [0.05, 0.1) is 12.7 Å². The van der Waals surface area contributed by atoms with Gasteiger partial charge in [-0.05, 0) is 49.8 Å². The standard InChI is InChI=1S/C16H25NO2/c1-4-16(2,18)11-17-14-8-13(9-14)12-6-5-7-15(10-12)19-3/h5-7,10,13-14,17-18H,4,8-9,11H2,1-3H3. The van der Waals surface area contributed by atoms with E-state index in [9.17, 15) is 5.11 Å². The van der Waals surface area contributed by atoms with Crippen LogP contribution in [0.1, 0.15) is 44.6 Å². The molecule has 1 unspecified atom stereocenters. The van der Waals surface area contributed by atoms with Crippen LogP contribution in [0.5, 0.6) is 5.75 Å². The molecule has 0 bridgehead atoms. The molecule has 1 atom stereocenters. The van der Waals surface area contributed by atoms with Crippen LogP contribution in [-0.2, 0) is 0 Å². The van der Waals surface area contributed by atoms with Crippen molar-refractivity contribution >= 4 is 0 Å². The van der Waals surface area contributed by atoms with Gasteiger partial charge in [-0.25, -0.2) is 0 Å². The van der Waals surface area contributed by atoms with E-state index in [1.165, 1.54) is 5.56 Å². The average Bonchev–Trinajstić information content (AvgIpc) is 2.37. The molecule has 1 aliphatic rings. The van der Waals surface area contributed by atoms with Crippen molar-refractivity contribution in [2.24, 2.45) is 0 Å². The molecule has 1 aliphatic carbocycles. The van der Waals surface area contributed by atoms with Crippen molar-refractivity contribution in [1.82, 2.24) is 5.32 Å². The summed E-state index contributed by atoms with van der Waals surface area (Å²) in [4.78, 5) is 0. The minimum Gasteiger partial charge on any atom is -0.497 e. The zero-order chi connectivity index (χ0) is 13.9. The van der Waals surface area contributed by atoms with Crippen LogP contribution in [0.3, 0.4) is 0 Å². The quantitative estimate of drug-likeness (QED) is 0.829. The molecule has 0 aliphatic heterocycles. The normalized spacial score (nSPS) is 25.5. The van der Waals surface area contributed by atoms with Gasteiger partial charge in [-0.15, -0.1) is 0 Å². The van der Waals surface area contributed by atoms with E-state index in [2.05, 4.69) is 23.5 Å². The lowest BCUT2D eigenvalue weighted by Crippen LogP contribution is -2.47. The maximum atomic E-state index is 9.96. The average molecular weight is 263 g/mol. The predicted octanol–water partition coefficient (Wildman–Crippen LogP) is 2.69. The fourth-order valence-corrected chi connectivity index (χ4v) is 2.44. The minimum absolute atomic E-state index is 0.536. The molecule has 0 aromatic heterocycles. The molecule has 0 saturated heterocycles. The first-order valence-corrected chi connectivity index (χ1v) is 7.14. The van der Waals surface area contributed by atoms with Crippen LogP contribution in [0.25, 0.3) is 0 Å². The van der Waals surface area contributed by atoms with E-state index in [0.29, 0.717) is 18.5 Å². The van der Waals surface area contributed by atoms with E-state index in [1.54, 1.807) is 7.11 Å². The first kappa shape index (κ1) is 14.4. The van der Waals surface area contributed by atoms with Gasteiger partial charge in [0.2, 0.25) is 0 Å². The number of ether oxygens (including phenoxy) is 1. The van der Waals surface area contributed by atoms with Crippen LogP contribution >= 0.6 is 0 Å². The SMILES string of the molecule is CCC(C)(O)CNC1CC(c2cccc(OC)c2)C1. The molecule has 106 valence electrons. The van der Waals surface area contributed by atoms with Gasteiger partial charge in [0.1, 0.15) is 5.75 Å². The largest absolute Gasteiger partial charge is 0.497 e. The Morgan fingerprint density at radius 1 is 1.42 bits per heavy atom. The highest BCUT2D eigenvalue weighted by Gasteiger charge is 2.31. The Hall–Kier alpha value is -1.06. The molecule has 0 amide bonds. The molecule has 0 spiro atoms. The maximum Gasteiger partial charge on any atom is 0.119 e. The molecular weight excluding hydrogens is 238 g/mol. The molecule has 1 fully saturated rings. The van der Waals surface area contributed by atoms with E-state index in [0.717, 1.165) is 25.0 Å². The molecule has 1 saturated carbocycles. The zero-order valence-electron chi connectivity index (χ0n) is 12.1. The van der Waals surface area contributed by atoms with Gasteiger partial charge in [-0.3, -0.25) is 0 Å². The first-order chi connectivity index (χ1) is 9.04. The molecule has 0 heterocycles. The van der Waals surface area contributed by atoms with Crippen LogP contribution < -0.4 is 10.1 Å². The molecule has 19 heavy (non-hydrogen) atoms. The van der Waals surface area contributed by atoms with Gasteiger partial charge in [0, 0.05) is 12.6 Å². The molecule has 0 radical (unpaired) electrons. The van der Waals surface area contributed by atoms with Crippen molar-refractivity contribution in [3.63, 3.8) is 0 Å². The zero-order valence-corrected chi connectivity index (χ0v) is 12.1. The second-order valence-corrected chi connectivity index (χ2v) is 5.87. The number of methoxy groups -OCH3 is 1. The highest BCUT2D eigenvalue weighted by Crippen LogP contribution is 2.38. The monoisotopic (exact) mass is 263 g/mol. The Kier molecular flexibility index (Phi) is 4.48. The third-order valence-corrected chi connectivity index (χ3v) is 4.24. The second kappa shape index (κ2) is 5.93. The first-order valence-electron chi connectivity index (χ1n) is 7.14. The molecule has 1 aromatic rings. The summed E-state index contributed by atoms with van der Waals surface area (Å²) in [7, 11) is 1.71. The Morgan fingerprint density at radius 3 is 2.79 bits per heavy atom. The van der Waals surface area contributed by atoms with Crippen LogP contribution in [-0.4, -0.2) is 30.4 Å². The van der Waals surface area contributed by atoms with Crippen molar-refractivity contribution in [3.05, 3.63) is 29.8 Å². The summed E-state index contributed by atoms with van der Waals surface area (Å²) in [6.07, 6.45) is 3.08. The third-order valence-electron chi connectivity index (χ3n) is 4.24. The molecule has 1 aromatic carbocycles. The summed E-state index contributed by atoms with van der Waals surface area (Å²) in [6.45, 7) is 4.58. The van der Waals surface area contributed by atoms with E-state index < -0.39 is 5.60 Å². The van der Waals surface area contributed by atoms with Crippen molar-refractivity contribution in [3.8, 4) is 5.75 Å². The lowest BCUT2D eigenvalue weighted by Gasteiger charge is -2.38. The van der Waals surface area contributed by atoms with Crippen molar-refractivity contribution in [2.75, 3.05) is 13.7 Å². The fourth-order valence-electron chi connectivity index (χ4n) is 2.44. The summed E-state index contributed by atoms with van der Waals surface area (Å²) in [5, 5.41) is 13.4.